The van der Waals surface area contributed by atoms with Gasteiger partial charge < -0.3 is 15.2 Å². The van der Waals surface area contributed by atoms with E-state index in [1.165, 1.54) is 24.3 Å². The molecule has 29 heavy (non-hydrogen) atoms. The van der Waals surface area contributed by atoms with Gasteiger partial charge in [0.1, 0.15) is 0 Å². The van der Waals surface area contributed by atoms with Gasteiger partial charge in [-0.15, -0.1) is 0 Å². The van der Waals surface area contributed by atoms with Crippen molar-refractivity contribution in [2.45, 2.75) is 17.7 Å². The topological polar surface area (TPSA) is 122 Å². The fourth-order valence-electron chi connectivity index (χ4n) is 2.33. The molecule has 8 nitrogen and oxygen atoms in total. The standard InChI is InChI=1S/C19H21FN2O6S/c20-16-12-14(8-11-22-29(26,27)15-4-2-1-3-5-15)6-7-17(16)28-13-18(23)21-10-9-19(24)25/h1-7,12,22H,8-11,13H2,(H,21,23)(H,24,25). The highest BCUT2D eigenvalue weighted by Crippen LogP contribution is 2.18. The summed E-state index contributed by atoms with van der Waals surface area (Å²) in [6.45, 7) is -0.409. The zero-order valence-corrected chi connectivity index (χ0v) is 16.2. The van der Waals surface area contributed by atoms with Crippen molar-refractivity contribution in [3.05, 3.63) is 59.9 Å². The monoisotopic (exact) mass is 424 g/mol. The lowest BCUT2D eigenvalue weighted by molar-refractivity contribution is -0.137. The normalized spacial score (nSPS) is 11.1. The number of amides is 1. The predicted molar refractivity (Wildman–Crippen MR) is 102 cm³/mol. The Morgan fingerprint density at radius 1 is 1.07 bits per heavy atom. The molecule has 0 aliphatic heterocycles. The molecule has 2 aromatic carbocycles. The molecule has 0 saturated heterocycles. The van der Waals surface area contributed by atoms with Crippen LogP contribution >= 0.6 is 0 Å². The van der Waals surface area contributed by atoms with Crippen molar-refractivity contribution in [2.75, 3.05) is 19.7 Å². The van der Waals surface area contributed by atoms with E-state index in [0.29, 0.717) is 5.56 Å². The van der Waals surface area contributed by atoms with Crippen LogP contribution in [0, 0.1) is 5.82 Å². The Morgan fingerprint density at radius 2 is 1.79 bits per heavy atom. The molecule has 156 valence electrons. The minimum atomic E-state index is -3.63. The summed E-state index contributed by atoms with van der Waals surface area (Å²) >= 11 is 0. The molecular weight excluding hydrogens is 403 g/mol. The van der Waals surface area contributed by atoms with Crippen molar-refractivity contribution in [1.29, 1.82) is 0 Å². The minimum Gasteiger partial charge on any atom is -0.481 e. The van der Waals surface area contributed by atoms with Crippen LogP contribution in [0.25, 0.3) is 0 Å². The Labute approximate surface area is 167 Å². The molecule has 0 heterocycles. The van der Waals surface area contributed by atoms with Gasteiger partial charge in [-0.2, -0.15) is 0 Å². The fraction of sp³-hybridized carbons (Fsp3) is 0.263. The quantitative estimate of drug-likeness (QED) is 0.500. The minimum absolute atomic E-state index is 0.0438. The summed E-state index contributed by atoms with van der Waals surface area (Å²) in [6.07, 6.45) is 0.0434. The number of sulfonamides is 1. The number of carboxylic acid groups (broad SMARTS) is 1. The molecule has 0 aliphatic rings. The first kappa shape index (κ1) is 22.3. The van der Waals surface area contributed by atoms with E-state index >= 15 is 0 Å². The van der Waals surface area contributed by atoms with E-state index in [0.717, 1.165) is 0 Å². The first-order chi connectivity index (χ1) is 13.8. The van der Waals surface area contributed by atoms with Crippen LogP contribution in [-0.2, 0) is 26.0 Å². The van der Waals surface area contributed by atoms with E-state index in [1.807, 2.05) is 0 Å². The molecule has 0 unspecified atom stereocenters. The molecule has 0 saturated carbocycles. The maximum absolute atomic E-state index is 14.1. The van der Waals surface area contributed by atoms with Crippen LogP contribution in [0.3, 0.4) is 0 Å². The van der Waals surface area contributed by atoms with Gasteiger partial charge in [0.25, 0.3) is 5.91 Å². The number of halogens is 1. The molecule has 0 aliphatic carbocycles. The molecule has 1 amide bonds. The van der Waals surface area contributed by atoms with E-state index in [-0.39, 0.29) is 36.6 Å². The van der Waals surface area contributed by atoms with Crippen molar-refractivity contribution in [3.8, 4) is 5.75 Å². The molecule has 2 aromatic rings. The Kier molecular flexibility index (Phi) is 8.10. The molecule has 10 heteroatoms. The van der Waals surface area contributed by atoms with Crippen molar-refractivity contribution in [3.63, 3.8) is 0 Å². The smallest absolute Gasteiger partial charge is 0.305 e. The summed E-state index contributed by atoms with van der Waals surface area (Å²) in [5.41, 5.74) is 0.552. The van der Waals surface area contributed by atoms with Gasteiger partial charge in [0, 0.05) is 13.1 Å². The Hall–Kier alpha value is -2.98. The van der Waals surface area contributed by atoms with E-state index in [4.69, 9.17) is 9.84 Å². The molecule has 0 fully saturated rings. The average Bonchev–Trinajstić information content (AvgIpc) is 2.67. The molecule has 0 spiro atoms. The number of carbonyl (C=O) groups excluding carboxylic acids is 1. The third-order valence-corrected chi connectivity index (χ3v) is 5.25. The summed E-state index contributed by atoms with van der Waals surface area (Å²) in [7, 11) is -3.63. The summed E-state index contributed by atoms with van der Waals surface area (Å²) in [5, 5.41) is 10.8. The van der Waals surface area contributed by atoms with E-state index < -0.39 is 34.3 Å². The summed E-state index contributed by atoms with van der Waals surface area (Å²) in [4.78, 5) is 22.0. The van der Waals surface area contributed by atoms with Crippen LogP contribution in [0.4, 0.5) is 4.39 Å². The largest absolute Gasteiger partial charge is 0.481 e. The first-order valence-electron chi connectivity index (χ1n) is 8.72. The van der Waals surface area contributed by atoms with Gasteiger partial charge in [-0.1, -0.05) is 24.3 Å². The number of nitrogens with one attached hydrogen (secondary N) is 2. The van der Waals surface area contributed by atoms with Crippen LogP contribution in [0.5, 0.6) is 5.75 Å². The summed E-state index contributed by atoms with van der Waals surface area (Å²) in [6, 6.07) is 12.0. The number of carboxylic acids is 1. The predicted octanol–water partition coefficient (Wildman–Crippen LogP) is 1.32. The lowest BCUT2D eigenvalue weighted by Crippen LogP contribution is -2.30. The average molecular weight is 424 g/mol. The maximum Gasteiger partial charge on any atom is 0.305 e. The molecule has 0 radical (unpaired) electrons. The molecule has 3 N–H and O–H groups in total. The van der Waals surface area contributed by atoms with E-state index in [2.05, 4.69) is 10.0 Å². The number of ether oxygens (including phenoxy) is 1. The fourth-order valence-corrected chi connectivity index (χ4v) is 3.39. The van der Waals surface area contributed by atoms with Crippen molar-refractivity contribution in [1.82, 2.24) is 10.0 Å². The van der Waals surface area contributed by atoms with Crippen LogP contribution in [-0.4, -0.2) is 45.1 Å². The van der Waals surface area contributed by atoms with Crippen LogP contribution < -0.4 is 14.8 Å². The second kappa shape index (κ2) is 10.5. The third kappa shape index (κ3) is 7.51. The first-order valence-corrected chi connectivity index (χ1v) is 10.2. The second-order valence-corrected chi connectivity index (χ2v) is 7.77. The Bertz CT molecular complexity index is 950. The molecule has 0 atom stereocenters. The maximum atomic E-state index is 14.1. The van der Waals surface area contributed by atoms with Gasteiger partial charge in [0.2, 0.25) is 10.0 Å². The summed E-state index contributed by atoms with van der Waals surface area (Å²) in [5.74, 6) is -2.43. The molecule has 0 aromatic heterocycles. The number of benzene rings is 2. The van der Waals surface area contributed by atoms with Crippen LogP contribution in [0.1, 0.15) is 12.0 Å². The highest BCUT2D eigenvalue weighted by Gasteiger charge is 2.13. The van der Waals surface area contributed by atoms with E-state index in [1.54, 1.807) is 24.3 Å². The Morgan fingerprint density at radius 3 is 2.45 bits per heavy atom. The Balaban J connectivity index is 1.81. The second-order valence-electron chi connectivity index (χ2n) is 6.01. The lowest BCUT2D eigenvalue weighted by Gasteiger charge is -2.10. The lowest BCUT2D eigenvalue weighted by atomic mass is 10.1. The van der Waals surface area contributed by atoms with Crippen LogP contribution in [0.2, 0.25) is 0 Å². The van der Waals surface area contributed by atoms with Crippen molar-refractivity contribution < 1.29 is 32.2 Å². The van der Waals surface area contributed by atoms with E-state index in [9.17, 15) is 22.4 Å². The number of hydrogen-bond donors (Lipinski definition) is 3. The SMILES string of the molecule is O=C(O)CCNC(=O)COc1ccc(CCNS(=O)(=O)c2ccccc2)cc1F. The third-order valence-electron chi connectivity index (χ3n) is 3.78. The summed E-state index contributed by atoms with van der Waals surface area (Å²) < 4.78 is 45.9. The van der Waals surface area contributed by atoms with Gasteiger partial charge in [-0.3, -0.25) is 9.59 Å². The molecular formula is C19H21FN2O6S. The zero-order chi connectivity index (χ0) is 21.3. The van der Waals surface area contributed by atoms with Crippen molar-refractivity contribution >= 4 is 21.9 Å². The van der Waals surface area contributed by atoms with Gasteiger partial charge in [0.15, 0.2) is 18.2 Å². The van der Waals surface area contributed by atoms with Gasteiger partial charge in [-0.05, 0) is 36.2 Å². The highest BCUT2D eigenvalue weighted by atomic mass is 32.2. The van der Waals surface area contributed by atoms with Crippen molar-refractivity contribution in [2.24, 2.45) is 0 Å². The van der Waals surface area contributed by atoms with Gasteiger partial charge in [-0.25, -0.2) is 17.5 Å². The number of aliphatic carboxylic acids is 1. The van der Waals surface area contributed by atoms with Gasteiger partial charge in [0.05, 0.1) is 11.3 Å². The zero-order valence-electron chi connectivity index (χ0n) is 15.4. The van der Waals surface area contributed by atoms with Crippen LogP contribution in [0.15, 0.2) is 53.4 Å². The number of hydrogen-bond acceptors (Lipinski definition) is 5. The molecule has 0 bridgehead atoms. The number of rotatable bonds is 11. The highest BCUT2D eigenvalue weighted by molar-refractivity contribution is 7.89. The van der Waals surface area contributed by atoms with Gasteiger partial charge >= 0.3 is 5.97 Å². The number of carbonyl (C=O) groups is 2. The molecule has 2 rings (SSSR count).